The Hall–Kier alpha value is -1.63. The van der Waals surface area contributed by atoms with E-state index in [1.54, 1.807) is 19.1 Å². The average Bonchev–Trinajstić information content (AvgIpc) is 2.94. The molecule has 1 aromatic heterocycles. The summed E-state index contributed by atoms with van der Waals surface area (Å²) in [6.07, 6.45) is 1.53. The van der Waals surface area contributed by atoms with Crippen LogP contribution in [0.5, 0.6) is 0 Å². The number of benzene rings is 1. The largest absolute Gasteiger partial charge is 0.468 e. The Balaban J connectivity index is 2.00. The minimum atomic E-state index is -3.41. The molecular weight excluding hydrogens is 288 g/mol. The molecule has 0 aliphatic heterocycles. The summed E-state index contributed by atoms with van der Waals surface area (Å²) in [6, 6.07) is 10.6. The Morgan fingerprint density at radius 2 is 1.81 bits per heavy atom. The van der Waals surface area contributed by atoms with Gasteiger partial charge in [0.05, 0.1) is 18.1 Å². The highest BCUT2D eigenvalue weighted by Crippen LogP contribution is 2.15. The molecule has 1 unspecified atom stereocenters. The van der Waals surface area contributed by atoms with Crippen molar-refractivity contribution < 1.29 is 12.8 Å². The topological polar surface area (TPSA) is 71.3 Å². The van der Waals surface area contributed by atoms with Crippen molar-refractivity contribution in [3.8, 4) is 0 Å². The van der Waals surface area contributed by atoms with Gasteiger partial charge in [-0.2, -0.15) is 0 Å². The maximum absolute atomic E-state index is 12.2. The van der Waals surface area contributed by atoms with Gasteiger partial charge in [-0.3, -0.25) is 0 Å². The van der Waals surface area contributed by atoms with Crippen LogP contribution in [0.15, 0.2) is 47.1 Å². The molecule has 0 spiro atoms. The molecule has 1 atom stereocenters. The van der Waals surface area contributed by atoms with Crippen molar-refractivity contribution >= 4 is 10.0 Å². The van der Waals surface area contributed by atoms with Crippen molar-refractivity contribution in [3.63, 3.8) is 0 Å². The molecule has 2 aromatic rings. The summed E-state index contributed by atoms with van der Waals surface area (Å²) in [7, 11) is -1.54. The Morgan fingerprint density at radius 3 is 2.38 bits per heavy atom. The van der Waals surface area contributed by atoms with Gasteiger partial charge in [-0.05, 0) is 37.2 Å². The van der Waals surface area contributed by atoms with E-state index >= 15 is 0 Å². The molecule has 0 aliphatic rings. The molecule has 2 N–H and O–H groups in total. The lowest BCUT2D eigenvalue weighted by Gasteiger charge is -2.12. The zero-order chi connectivity index (χ0) is 15.3. The SMILES string of the molecule is CNCc1ccc(CS(=O)(=O)NC(C)c2ccco2)cc1. The minimum absolute atomic E-state index is 0.0438. The van der Waals surface area contributed by atoms with Crippen LogP contribution in [0.3, 0.4) is 0 Å². The van der Waals surface area contributed by atoms with Crippen molar-refractivity contribution in [2.45, 2.75) is 25.3 Å². The third-order valence-corrected chi connectivity index (χ3v) is 4.51. The van der Waals surface area contributed by atoms with Crippen molar-refractivity contribution in [1.29, 1.82) is 0 Å². The highest BCUT2D eigenvalue weighted by atomic mass is 32.2. The van der Waals surface area contributed by atoms with E-state index in [1.807, 2.05) is 31.3 Å². The van der Waals surface area contributed by atoms with Gasteiger partial charge in [-0.25, -0.2) is 13.1 Å². The second-order valence-electron chi connectivity index (χ2n) is 4.96. The molecule has 2 rings (SSSR count). The van der Waals surface area contributed by atoms with Crippen LogP contribution in [0.1, 0.15) is 29.9 Å². The Morgan fingerprint density at radius 1 is 1.14 bits per heavy atom. The Bertz CT molecular complexity index is 649. The third kappa shape index (κ3) is 4.70. The molecule has 0 aliphatic carbocycles. The molecular formula is C15H20N2O3S. The smallest absolute Gasteiger partial charge is 0.216 e. The molecule has 0 amide bonds. The summed E-state index contributed by atoms with van der Waals surface area (Å²) in [5, 5.41) is 3.05. The van der Waals surface area contributed by atoms with Crippen LogP contribution in [0.25, 0.3) is 0 Å². The summed E-state index contributed by atoms with van der Waals surface area (Å²) >= 11 is 0. The number of hydrogen-bond donors (Lipinski definition) is 2. The fourth-order valence-corrected chi connectivity index (χ4v) is 3.45. The van der Waals surface area contributed by atoms with Crippen LogP contribution in [-0.4, -0.2) is 15.5 Å². The summed E-state index contributed by atoms with van der Waals surface area (Å²) in [6.45, 7) is 2.52. The Kier molecular flexibility index (Phi) is 5.17. The van der Waals surface area contributed by atoms with E-state index in [0.29, 0.717) is 5.76 Å². The van der Waals surface area contributed by atoms with Gasteiger partial charge < -0.3 is 9.73 Å². The second kappa shape index (κ2) is 6.89. The maximum atomic E-state index is 12.2. The van der Waals surface area contributed by atoms with Gasteiger partial charge in [0.15, 0.2) is 0 Å². The molecule has 1 heterocycles. The van der Waals surface area contributed by atoms with Crippen LogP contribution in [0, 0.1) is 0 Å². The lowest BCUT2D eigenvalue weighted by molar-refractivity contribution is 0.459. The molecule has 0 saturated carbocycles. The van der Waals surface area contributed by atoms with Gasteiger partial charge in [-0.1, -0.05) is 24.3 Å². The maximum Gasteiger partial charge on any atom is 0.216 e. The van der Waals surface area contributed by atoms with Gasteiger partial charge in [0.1, 0.15) is 5.76 Å². The predicted molar refractivity (Wildman–Crippen MR) is 82.1 cm³/mol. The first kappa shape index (κ1) is 15.8. The fraction of sp³-hybridized carbons (Fsp3) is 0.333. The van der Waals surface area contributed by atoms with Crippen molar-refractivity contribution in [2.75, 3.05) is 7.05 Å². The summed E-state index contributed by atoms with van der Waals surface area (Å²) in [5.74, 6) is 0.556. The molecule has 1 aromatic carbocycles. The van der Waals surface area contributed by atoms with Crippen LogP contribution < -0.4 is 10.0 Å². The molecule has 21 heavy (non-hydrogen) atoms. The van der Waals surface area contributed by atoms with Crippen molar-refractivity contribution in [1.82, 2.24) is 10.0 Å². The Labute approximate surface area is 125 Å². The second-order valence-corrected chi connectivity index (χ2v) is 6.71. The van der Waals surface area contributed by atoms with Gasteiger partial charge >= 0.3 is 0 Å². The zero-order valence-electron chi connectivity index (χ0n) is 12.2. The van der Waals surface area contributed by atoms with Gasteiger partial charge in [0.25, 0.3) is 0 Å². The number of hydrogen-bond acceptors (Lipinski definition) is 4. The van der Waals surface area contributed by atoms with E-state index in [0.717, 1.165) is 17.7 Å². The van der Waals surface area contributed by atoms with Gasteiger partial charge in [0, 0.05) is 6.54 Å². The van der Waals surface area contributed by atoms with E-state index in [1.165, 1.54) is 6.26 Å². The first-order valence-corrected chi connectivity index (χ1v) is 8.41. The van der Waals surface area contributed by atoms with Crippen LogP contribution in [-0.2, 0) is 22.3 Å². The molecule has 114 valence electrons. The number of rotatable bonds is 7. The van der Waals surface area contributed by atoms with Crippen LogP contribution in [0.2, 0.25) is 0 Å². The van der Waals surface area contributed by atoms with Gasteiger partial charge in [-0.15, -0.1) is 0 Å². The summed E-state index contributed by atoms with van der Waals surface area (Å²) in [5.41, 5.74) is 1.88. The normalized spacial score (nSPS) is 13.2. The van der Waals surface area contributed by atoms with E-state index in [2.05, 4.69) is 10.0 Å². The van der Waals surface area contributed by atoms with Crippen molar-refractivity contribution in [2.24, 2.45) is 0 Å². The minimum Gasteiger partial charge on any atom is -0.468 e. The van der Waals surface area contributed by atoms with Crippen LogP contribution in [0.4, 0.5) is 0 Å². The van der Waals surface area contributed by atoms with E-state index in [9.17, 15) is 8.42 Å². The molecule has 0 bridgehead atoms. The monoisotopic (exact) mass is 308 g/mol. The summed E-state index contributed by atoms with van der Waals surface area (Å²) < 4.78 is 32.1. The standard InChI is InChI=1S/C15H20N2O3S/c1-12(15-4-3-9-20-15)17-21(18,19)11-14-7-5-13(6-8-14)10-16-2/h3-9,12,16-17H,10-11H2,1-2H3. The fourth-order valence-electron chi connectivity index (χ4n) is 2.08. The van der Waals surface area contributed by atoms with E-state index in [-0.39, 0.29) is 11.8 Å². The molecule has 6 heteroatoms. The molecule has 0 saturated heterocycles. The zero-order valence-corrected chi connectivity index (χ0v) is 13.0. The van der Waals surface area contributed by atoms with Crippen molar-refractivity contribution in [3.05, 3.63) is 59.5 Å². The first-order valence-electron chi connectivity index (χ1n) is 6.76. The lowest BCUT2D eigenvalue weighted by Crippen LogP contribution is -2.27. The highest BCUT2D eigenvalue weighted by molar-refractivity contribution is 7.88. The molecule has 0 radical (unpaired) electrons. The molecule has 0 fully saturated rings. The average molecular weight is 308 g/mol. The third-order valence-electron chi connectivity index (χ3n) is 3.09. The number of nitrogens with one attached hydrogen (secondary N) is 2. The lowest BCUT2D eigenvalue weighted by atomic mass is 10.1. The molecule has 5 nitrogen and oxygen atoms in total. The summed E-state index contributed by atoms with van der Waals surface area (Å²) in [4.78, 5) is 0. The van der Waals surface area contributed by atoms with Crippen LogP contribution >= 0.6 is 0 Å². The first-order chi connectivity index (χ1) is 10.00. The van der Waals surface area contributed by atoms with E-state index in [4.69, 9.17) is 4.42 Å². The van der Waals surface area contributed by atoms with Gasteiger partial charge in [0.2, 0.25) is 10.0 Å². The van der Waals surface area contributed by atoms with E-state index < -0.39 is 10.0 Å². The quantitative estimate of drug-likeness (QED) is 0.822. The number of sulfonamides is 1. The highest BCUT2D eigenvalue weighted by Gasteiger charge is 2.18. The number of furan rings is 1. The predicted octanol–water partition coefficient (Wildman–Crippen LogP) is 2.18.